The van der Waals surface area contributed by atoms with Gasteiger partial charge in [0, 0.05) is 6.07 Å². The van der Waals surface area contributed by atoms with Gasteiger partial charge in [0.2, 0.25) is 5.56 Å². The monoisotopic (exact) mass is 242 g/mol. The molecule has 9 heteroatoms. The van der Waals surface area contributed by atoms with Crippen LogP contribution in [0.1, 0.15) is 12.0 Å². The van der Waals surface area contributed by atoms with Crippen LogP contribution in [0.5, 0.6) is 0 Å². The third kappa shape index (κ3) is 2.36. The van der Waals surface area contributed by atoms with Gasteiger partial charge in [0.1, 0.15) is 0 Å². The lowest BCUT2D eigenvalue weighted by Crippen LogP contribution is -2.22. The molecule has 0 atom stereocenters. The van der Waals surface area contributed by atoms with Gasteiger partial charge in [0.25, 0.3) is 16.4 Å². The molecule has 0 saturated heterocycles. The van der Waals surface area contributed by atoms with Crippen LogP contribution >= 0.6 is 0 Å². The first-order chi connectivity index (χ1) is 6.73. The number of rotatable bonds is 2. The normalized spacial score (nSPS) is 12.1. The first-order valence-electron chi connectivity index (χ1n) is 3.47. The highest BCUT2D eigenvalue weighted by Crippen LogP contribution is 2.22. The van der Waals surface area contributed by atoms with Gasteiger partial charge in [-0.1, -0.05) is 0 Å². The van der Waals surface area contributed by atoms with E-state index in [1.807, 2.05) is 0 Å². The Morgan fingerprint density at radius 2 is 1.93 bits per heavy atom. The Hall–Kier alpha value is -1.35. The summed E-state index contributed by atoms with van der Waals surface area (Å²) in [6.07, 6.45) is -3.30. The zero-order valence-electron chi connectivity index (χ0n) is 7.00. The molecule has 1 heterocycles. The summed E-state index contributed by atoms with van der Waals surface area (Å²) >= 11 is 0. The fourth-order valence-corrected chi connectivity index (χ4v) is 1.50. The Bertz CT molecular complexity index is 537. The van der Waals surface area contributed by atoms with Gasteiger partial charge < -0.3 is 4.98 Å². The second-order valence-electron chi connectivity index (χ2n) is 2.58. The maximum Gasteiger partial charge on any atom is 0.266 e. The van der Waals surface area contributed by atoms with E-state index in [0.29, 0.717) is 0 Å². The molecule has 0 aromatic carbocycles. The number of sulfonamides is 1. The fourth-order valence-electron chi connectivity index (χ4n) is 0.893. The molecule has 0 unspecified atom stereocenters. The number of halogens is 3. The number of aromatic nitrogens is 1. The molecular weight excluding hydrogens is 237 g/mol. The molecule has 0 spiro atoms. The topological polar surface area (TPSA) is 93.0 Å². The van der Waals surface area contributed by atoms with E-state index in [1.54, 1.807) is 0 Å². The lowest BCUT2D eigenvalue weighted by atomic mass is 10.3. The number of nitrogens with two attached hydrogens (primary N) is 1. The van der Waals surface area contributed by atoms with Crippen molar-refractivity contribution in [3.05, 3.63) is 27.8 Å². The van der Waals surface area contributed by atoms with Gasteiger partial charge in [-0.3, -0.25) is 4.79 Å². The average molecular weight is 242 g/mol. The summed E-state index contributed by atoms with van der Waals surface area (Å²) in [4.78, 5) is 12.3. The third-order valence-corrected chi connectivity index (χ3v) is 2.35. The summed E-state index contributed by atoms with van der Waals surface area (Å²) in [7, 11) is -4.58. The zero-order chi connectivity index (χ0) is 11.8. The molecule has 0 radical (unpaired) electrons. The number of hydrogen-bond acceptors (Lipinski definition) is 3. The molecule has 0 bridgehead atoms. The lowest BCUT2D eigenvalue weighted by molar-refractivity contribution is 0.145. The number of pyridine rings is 1. The molecular formula is C6H5F3N2O3S. The molecule has 0 fully saturated rings. The Morgan fingerprint density at radius 3 is 2.33 bits per heavy atom. The maximum absolute atomic E-state index is 13.1. The molecule has 0 aliphatic rings. The van der Waals surface area contributed by atoms with E-state index in [0.717, 1.165) is 0 Å². The van der Waals surface area contributed by atoms with Crippen LogP contribution in [0.2, 0.25) is 0 Å². The van der Waals surface area contributed by atoms with E-state index in [2.05, 4.69) is 5.14 Å². The van der Waals surface area contributed by atoms with Crippen LogP contribution in [0.15, 0.2) is 15.9 Å². The van der Waals surface area contributed by atoms with Gasteiger partial charge in [0.15, 0.2) is 10.8 Å². The van der Waals surface area contributed by atoms with E-state index < -0.39 is 38.4 Å². The van der Waals surface area contributed by atoms with Gasteiger partial charge in [-0.15, -0.1) is 0 Å². The molecule has 5 nitrogen and oxygen atoms in total. The number of H-pyrrole nitrogens is 1. The predicted molar refractivity (Wildman–Crippen MR) is 43.4 cm³/mol. The molecule has 1 aromatic heterocycles. The van der Waals surface area contributed by atoms with Crippen LogP contribution in [-0.4, -0.2) is 13.4 Å². The Balaban J connectivity index is 3.64. The summed E-state index contributed by atoms with van der Waals surface area (Å²) in [5.74, 6) is -1.74. The van der Waals surface area contributed by atoms with Crippen molar-refractivity contribution in [2.45, 2.75) is 11.5 Å². The predicted octanol–water partition coefficient (Wildman–Crippen LogP) is 0.0990. The minimum atomic E-state index is -4.58. The van der Waals surface area contributed by atoms with Crippen molar-refractivity contribution < 1.29 is 21.6 Å². The number of alkyl halides is 2. The van der Waals surface area contributed by atoms with Crippen LogP contribution < -0.4 is 10.7 Å². The van der Waals surface area contributed by atoms with E-state index in [4.69, 9.17) is 0 Å². The van der Waals surface area contributed by atoms with Crippen LogP contribution in [0.25, 0.3) is 0 Å². The molecule has 0 aliphatic heterocycles. The van der Waals surface area contributed by atoms with E-state index in [1.165, 1.54) is 4.98 Å². The largest absolute Gasteiger partial charge is 0.309 e. The number of nitrogens with one attached hydrogen (secondary N) is 1. The molecule has 0 amide bonds. The van der Waals surface area contributed by atoms with E-state index in [9.17, 15) is 26.4 Å². The quantitative estimate of drug-likeness (QED) is 0.770. The van der Waals surface area contributed by atoms with Crippen LogP contribution in [0.4, 0.5) is 13.2 Å². The number of hydrogen-bond donors (Lipinski definition) is 2. The smallest absolute Gasteiger partial charge is 0.266 e. The standard InChI is InChI=1S/C6H5F3N2O3S/c7-4-2(5(8)9)1-3(12)11-6(4)15(10,13)14/h1,5H,(H,11,12)(H2,10,13,14). The Labute approximate surface area is 81.8 Å². The van der Waals surface area contributed by atoms with E-state index in [-0.39, 0.29) is 6.07 Å². The van der Waals surface area contributed by atoms with Crippen molar-refractivity contribution in [1.29, 1.82) is 0 Å². The molecule has 3 N–H and O–H groups in total. The molecule has 0 saturated carbocycles. The molecule has 1 aromatic rings. The second kappa shape index (κ2) is 3.66. The average Bonchev–Trinajstić information content (AvgIpc) is 2.06. The highest BCUT2D eigenvalue weighted by Gasteiger charge is 2.23. The summed E-state index contributed by atoms with van der Waals surface area (Å²) in [5.41, 5.74) is -2.47. The van der Waals surface area contributed by atoms with E-state index >= 15 is 0 Å². The van der Waals surface area contributed by atoms with Crippen molar-refractivity contribution in [1.82, 2.24) is 4.98 Å². The van der Waals surface area contributed by atoms with Crippen LogP contribution in [0, 0.1) is 5.82 Å². The van der Waals surface area contributed by atoms with Crippen molar-refractivity contribution in [3.8, 4) is 0 Å². The van der Waals surface area contributed by atoms with Gasteiger partial charge >= 0.3 is 0 Å². The highest BCUT2D eigenvalue weighted by atomic mass is 32.2. The third-order valence-electron chi connectivity index (χ3n) is 1.50. The Kier molecular flexibility index (Phi) is 2.86. The maximum atomic E-state index is 13.1. The Morgan fingerprint density at radius 1 is 1.40 bits per heavy atom. The van der Waals surface area contributed by atoms with Crippen molar-refractivity contribution in [3.63, 3.8) is 0 Å². The first kappa shape index (κ1) is 11.7. The highest BCUT2D eigenvalue weighted by molar-refractivity contribution is 7.89. The number of aromatic amines is 1. The van der Waals surface area contributed by atoms with Gasteiger partial charge in [-0.05, 0) is 0 Å². The SMILES string of the molecule is NS(=O)(=O)c1[nH]c(=O)cc(C(F)F)c1F. The second-order valence-corrected chi connectivity index (χ2v) is 4.08. The van der Waals surface area contributed by atoms with Crippen LogP contribution in [-0.2, 0) is 10.0 Å². The van der Waals surface area contributed by atoms with Gasteiger partial charge in [0.05, 0.1) is 5.56 Å². The van der Waals surface area contributed by atoms with Crippen molar-refractivity contribution in [2.75, 3.05) is 0 Å². The summed E-state index contributed by atoms with van der Waals surface area (Å²) < 4.78 is 58.8. The lowest BCUT2D eigenvalue weighted by Gasteiger charge is -2.04. The molecule has 0 aliphatic carbocycles. The number of primary sulfonamides is 1. The van der Waals surface area contributed by atoms with Gasteiger partial charge in [-0.2, -0.15) is 0 Å². The van der Waals surface area contributed by atoms with Crippen LogP contribution in [0.3, 0.4) is 0 Å². The summed E-state index contributed by atoms with van der Waals surface area (Å²) in [6.45, 7) is 0. The molecule has 1 rings (SSSR count). The molecule has 84 valence electrons. The zero-order valence-corrected chi connectivity index (χ0v) is 7.82. The summed E-state index contributed by atoms with van der Waals surface area (Å²) in [6, 6.07) is 0.272. The minimum Gasteiger partial charge on any atom is -0.309 e. The fraction of sp³-hybridized carbons (Fsp3) is 0.167. The van der Waals surface area contributed by atoms with Gasteiger partial charge in [-0.25, -0.2) is 26.7 Å². The minimum absolute atomic E-state index is 0.272. The first-order valence-corrected chi connectivity index (χ1v) is 5.02. The molecule has 15 heavy (non-hydrogen) atoms. The summed E-state index contributed by atoms with van der Waals surface area (Å²) in [5, 5.41) is 3.17. The van der Waals surface area contributed by atoms with Crippen molar-refractivity contribution in [2.24, 2.45) is 5.14 Å². The van der Waals surface area contributed by atoms with Crippen molar-refractivity contribution >= 4 is 10.0 Å².